The van der Waals surface area contributed by atoms with Gasteiger partial charge in [0.2, 0.25) is 11.2 Å². The molecular weight excluding hydrogens is 242 g/mol. The molecular formula is C15H15NO3. The molecule has 0 saturated carbocycles. The summed E-state index contributed by atoms with van der Waals surface area (Å²) >= 11 is 0. The number of nitrogens with zero attached hydrogens (tertiary/aromatic N) is 1. The van der Waals surface area contributed by atoms with Crippen LogP contribution in [-0.4, -0.2) is 11.1 Å². The molecule has 4 heteroatoms. The largest absolute Gasteiger partial charge is 0.618 e. The lowest BCUT2D eigenvalue weighted by molar-refractivity contribution is -0.579. The lowest BCUT2D eigenvalue weighted by atomic mass is 10.00. The van der Waals surface area contributed by atoms with Crippen LogP contribution in [0.25, 0.3) is 17.0 Å². The van der Waals surface area contributed by atoms with Crippen molar-refractivity contribution >= 4 is 22.9 Å². The number of carboxylic acids is 1. The van der Waals surface area contributed by atoms with Crippen LogP contribution in [0, 0.1) is 5.21 Å². The van der Waals surface area contributed by atoms with E-state index in [-0.39, 0.29) is 0 Å². The SMILES string of the molecule is CC(=O)O.[O-][n+]1c2c(cc3ccccc31)CCC=C2. The Labute approximate surface area is 111 Å². The number of pyridine rings is 1. The van der Waals surface area contributed by atoms with Crippen molar-refractivity contribution in [1.29, 1.82) is 0 Å². The first-order chi connectivity index (χ1) is 9.09. The third-order valence-electron chi connectivity index (χ3n) is 2.89. The van der Waals surface area contributed by atoms with Gasteiger partial charge >= 0.3 is 0 Å². The van der Waals surface area contributed by atoms with Crippen LogP contribution in [0.4, 0.5) is 0 Å². The molecule has 19 heavy (non-hydrogen) atoms. The molecule has 1 aliphatic carbocycles. The number of fused-ring (bicyclic) bond motifs is 2. The Morgan fingerprint density at radius 2 is 2.05 bits per heavy atom. The van der Waals surface area contributed by atoms with Gasteiger partial charge in [0.25, 0.3) is 5.97 Å². The molecule has 0 bridgehead atoms. The zero-order valence-electron chi connectivity index (χ0n) is 10.7. The quantitative estimate of drug-likeness (QED) is 0.582. The van der Waals surface area contributed by atoms with Gasteiger partial charge in [0.1, 0.15) is 0 Å². The fraction of sp³-hybridized carbons (Fsp3) is 0.200. The number of aryl methyl sites for hydroxylation is 1. The van der Waals surface area contributed by atoms with E-state index in [2.05, 4.69) is 12.1 Å². The number of para-hydroxylation sites is 1. The van der Waals surface area contributed by atoms with Crippen LogP contribution >= 0.6 is 0 Å². The molecule has 0 atom stereocenters. The van der Waals surface area contributed by atoms with Crippen molar-refractivity contribution in [2.45, 2.75) is 19.8 Å². The highest BCUT2D eigenvalue weighted by Crippen LogP contribution is 2.20. The average Bonchev–Trinajstić information content (AvgIpc) is 2.38. The van der Waals surface area contributed by atoms with E-state index >= 15 is 0 Å². The standard InChI is InChI=1S/C13H11NO.C2H4O2/c15-14-12-7-3-1-5-10(12)9-11-6-2-4-8-13(11)14;1-2(3)4/h1,3-5,7-9H,2,6H2;1H3,(H,3,4). The first-order valence-corrected chi connectivity index (χ1v) is 6.10. The average molecular weight is 257 g/mol. The Kier molecular flexibility index (Phi) is 3.80. The number of benzene rings is 1. The lowest BCUT2D eigenvalue weighted by Gasteiger charge is -2.12. The van der Waals surface area contributed by atoms with Crippen LogP contribution < -0.4 is 4.73 Å². The van der Waals surface area contributed by atoms with Crippen molar-refractivity contribution in [1.82, 2.24) is 0 Å². The fourth-order valence-corrected chi connectivity index (χ4v) is 2.13. The Balaban J connectivity index is 0.000000297. The molecule has 3 rings (SSSR count). The number of carboxylic acid groups (broad SMARTS) is 1. The molecule has 0 amide bonds. The second kappa shape index (κ2) is 5.52. The summed E-state index contributed by atoms with van der Waals surface area (Å²) in [4.78, 5) is 9.00. The van der Waals surface area contributed by atoms with E-state index in [0.717, 1.165) is 46.7 Å². The summed E-state index contributed by atoms with van der Waals surface area (Å²) in [6.07, 6.45) is 5.99. The fourth-order valence-electron chi connectivity index (χ4n) is 2.13. The van der Waals surface area contributed by atoms with Crippen molar-refractivity contribution in [3.05, 3.63) is 52.9 Å². The van der Waals surface area contributed by atoms with E-state index in [1.807, 2.05) is 30.3 Å². The van der Waals surface area contributed by atoms with Crippen LogP contribution in [0.15, 0.2) is 36.4 Å². The minimum Gasteiger partial charge on any atom is -0.618 e. The molecule has 0 spiro atoms. The third kappa shape index (κ3) is 2.91. The highest BCUT2D eigenvalue weighted by Gasteiger charge is 2.16. The third-order valence-corrected chi connectivity index (χ3v) is 2.89. The van der Waals surface area contributed by atoms with Crippen molar-refractivity contribution in [2.24, 2.45) is 0 Å². The maximum Gasteiger partial charge on any atom is 0.300 e. The summed E-state index contributed by atoms with van der Waals surface area (Å²) in [5.41, 5.74) is 2.72. The van der Waals surface area contributed by atoms with E-state index in [1.54, 1.807) is 0 Å². The molecule has 1 aromatic heterocycles. The van der Waals surface area contributed by atoms with Gasteiger partial charge in [-0.05, 0) is 25.0 Å². The zero-order valence-corrected chi connectivity index (χ0v) is 10.7. The first-order valence-electron chi connectivity index (χ1n) is 6.10. The number of carbonyl (C=O) groups is 1. The van der Waals surface area contributed by atoms with Gasteiger partial charge in [-0.3, -0.25) is 4.79 Å². The van der Waals surface area contributed by atoms with E-state index < -0.39 is 5.97 Å². The Bertz CT molecular complexity index is 643. The van der Waals surface area contributed by atoms with Crippen molar-refractivity contribution in [3.63, 3.8) is 0 Å². The highest BCUT2D eigenvalue weighted by atomic mass is 16.5. The molecule has 98 valence electrons. The van der Waals surface area contributed by atoms with Gasteiger partial charge in [0, 0.05) is 30.0 Å². The summed E-state index contributed by atoms with van der Waals surface area (Å²) in [7, 11) is 0. The molecule has 0 saturated heterocycles. The molecule has 1 aliphatic rings. The van der Waals surface area contributed by atoms with Gasteiger partial charge in [-0.15, -0.1) is 0 Å². The molecule has 4 nitrogen and oxygen atoms in total. The number of allylic oxidation sites excluding steroid dienone is 1. The summed E-state index contributed by atoms with van der Waals surface area (Å²) in [6, 6.07) is 9.85. The topological polar surface area (TPSA) is 64.2 Å². The predicted octanol–water partition coefficient (Wildman–Crippen LogP) is 2.52. The predicted molar refractivity (Wildman–Crippen MR) is 73.6 cm³/mol. The van der Waals surface area contributed by atoms with Gasteiger partial charge < -0.3 is 10.3 Å². The molecule has 1 aromatic carbocycles. The summed E-state index contributed by atoms with van der Waals surface area (Å²) < 4.78 is 1.04. The van der Waals surface area contributed by atoms with Gasteiger partial charge in [-0.25, -0.2) is 0 Å². The lowest BCUT2D eigenvalue weighted by Crippen LogP contribution is -2.33. The number of rotatable bonds is 0. The van der Waals surface area contributed by atoms with E-state index in [4.69, 9.17) is 9.90 Å². The molecule has 1 N–H and O–H groups in total. The summed E-state index contributed by atoms with van der Waals surface area (Å²) in [6.45, 7) is 1.08. The molecule has 0 aliphatic heterocycles. The zero-order chi connectivity index (χ0) is 13.8. The van der Waals surface area contributed by atoms with Gasteiger partial charge in [0.15, 0.2) is 0 Å². The van der Waals surface area contributed by atoms with E-state index in [1.165, 1.54) is 0 Å². The van der Waals surface area contributed by atoms with E-state index in [0.29, 0.717) is 0 Å². The van der Waals surface area contributed by atoms with Crippen LogP contribution in [0.2, 0.25) is 0 Å². The van der Waals surface area contributed by atoms with Crippen LogP contribution in [0.5, 0.6) is 0 Å². The van der Waals surface area contributed by atoms with Crippen molar-refractivity contribution in [3.8, 4) is 0 Å². The minimum atomic E-state index is -0.833. The van der Waals surface area contributed by atoms with Crippen LogP contribution in [0.1, 0.15) is 24.6 Å². The van der Waals surface area contributed by atoms with Crippen LogP contribution in [0.3, 0.4) is 0 Å². The Morgan fingerprint density at radius 1 is 1.37 bits per heavy atom. The van der Waals surface area contributed by atoms with Crippen LogP contribution in [-0.2, 0) is 11.2 Å². The normalized spacial score (nSPS) is 12.5. The van der Waals surface area contributed by atoms with E-state index in [9.17, 15) is 5.21 Å². The van der Waals surface area contributed by atoms with Gasteiger partial charge in [0.05, 0.1) is 0 Å². The molecule has 0 unspecified atom stereocenters. The van der Waals surface area contributed by atoms with Crippen molar-refractivity contribution < 1.29 is 14.6 Å². The number of hydrogen-bond acceptors (Lipinski definition) is 2. The number of hydrogen-bond donors (Lipinski definition) is 1. The second-order valence-electron chi connectivity index (χ2n) is 4.37. The second-order valence-corrected chi connectivity index (χ2v) is 4.37. The molecule has 0 fully saturated rings. The van der Waals surface area contributed by atoms with Crippen molar-refractivity contribution in [2.75, 3.05) is 0 Å². The number of aromatic nitrogens is 1. The highest BCUT2D eigenvalue weighted by molar-refractivity contribution is 5.77. The number of aliphatic carboxylic acids is 1. The van der Waals surface area contributed by atoms with Gasteiger partial charge in [-0.2, -0.15) is 4.73 Å². The monoisotopic (exact) mass is 257 g/mol. The maximum absolute atomic E-state index is 12.0. The summed E-state index contributed by atoms with van der Waals surface area (Å²) in [5.74, 6) is -0.833. The Hall–Kier alpha value is -2.36. The molecule has 1 heterocycles. The first kappa shape index (κ1) is 13.1. The smallest absolute Gasteiger partial charge is 0.300 e. The molecule has 2 aromatic rings. The maximum atomic E-state index is 12.0. The van der Waals surface area contributed by atoms with Gasteiger partial charge in [-0.1, -0.05) is 18.2 Å². The summed E-state index contributed by atoms with van der Waals surface area (Å²) in [5, 5.41) is 20.5. The minimum absolute atomic E-state index is 0.753. The Morgan fingerprint density at radius 3 is 2.79 bits per heavy atom. The molecule has 0 radical (unpaired) electrons.